The molecule has 0 radical (unpaired) electrons. The molecular weight excluding hydrogens is 258 g/mol. The highest BCUT2D eigenvalue weighted by atomic mass is 16.3. The van der Waals surface area contributed by atoms with Gasteiger partial charge in [0.15, 0.2) is 0 Å². The highest BCUT2D eigenvalue weighted by Gasteiger charge is 2.23. The summed E-state index contributed by atoms with van der Waals surface area (Å²) in [7, 11) is 0. The van der Waals surface area contributed by atoms with E-state index in [4.69, 9.17) is 5.73 Å². The minimum Gasteiger partial charge on any atom is -0.388 e. The number of rotatable bonds is 4. The van der Waals surface area contributed by atoms with Crippen molar-refractivity contribution in [2.24, 2.45) is 5.73 Å². The predicted octanol–water partition coefficient (Wildman–Crippen LogP) is 3.70. The maximum Gasteiger partial charge on any atom is 0.0873 e. The fraction of sp³-hybridized carbons (Fsp3) is 0.368. The maximum atomic E-state index is 10.8. The molecule has 0 fully saturated rings. The highest BCUT2D eigenvalue weighted by molar-refractivity contribution is 5.38. The lowest BCUT2D eigenvalue weighted by molar-refractivity contribution is 0.146. The molecular formula is C19H25NO. The molecule has 2 rings (SSSR count). The predicted molar refractivity (Wildman–Crippen MR) is 88.6 cm³/mol. The summed E-state index contributed by atoms with van der Waals surface area (Å²) in [6.07, 6.45) is -0.572. The molecule has 3 N–H and O–H groups in total. The average Bonchev–Trinajstić information content (AvgIpc) is 2.46. The summed E-state index contributed by atoms with van der Waals surface area (Å²) in [5, 5.41) is 10.8. The fourth-order valence-electron chi connectivity index (χ4n) is 2.75. The van der Waals surface area contributed by atoms with Gasteiger partial charge in [-0.05, 0) is 61.1 Å². The van der Waals surface area contributed by atoms with E-state index in [-0.39, 0.29) is 5.92 Å². The van der Waals surface area contributed by atoms with Crippen LogP contribution in [0.3, 0.4) is 0 Å². The van der Waals surface area contributed by atoms with Gasteiger partial charge in [-0.15, -0.1) is 0 Å². The number of nitrogens with two attached hydrogens (primary N) is 1. The van der Waals surface area contributed by atoms with E-state index in [1.165, 1.54) is 16.7 Å². The van der Waals surface area contributed by atoms with Crippen LogP contribution in [0.1, 0.15) is 45.4 Å². The molecule has 0 saturated heterocycles. The Hall–Kier alpha value is -1.64. The number of aliphatic hydroxyl groups excluding tert-OH is 1. The summed E-state index contributed by atoms with van der Waals surface area (Å²) in [5.41, 5.74) is 12.9. The molecule has 0 amide bonds. The summed E-state index contributed by atoms with van der Waals surface area (Å²) >= 11 is 0. The van der Waals surface area contributed by atoms with Crippen molar-refractivity contribution in [3.8, 4) is 0 Å². The van der Waals surface area contributed by atoms with E-state index in [2.05, 4.69) is 52.0 Å². The second-order valence-electron chi connectivity index (χ2n) is 5.92. The van der Waals surface area contributed by atoms with Crippen molar-refractivity contribution >= 4 is 0 Å². The molecule has 2 unspecified atom stereocenters. The molecule has 0 aromatic heterocycles. The van der Waals surface area contributed by atoms with Crippen molar-refractivity contribution in [1.29, 1.82) is 0 Å². The first-order valence-electron chi connectivity index (χ1n) is 7.47. The molecule has 2 heteroatoms. The van der Waals surface area contributed by atoms with Gasteiger partial charge in [-0.3, -0.25) is 0 Å². The van der Waals surface area contributed by atoms with Crippen molar-refractivity contribution in [3.05, 3.63) is 69.8 Å². The largest absolute Gasteiger partial charge is 0.388 e. The van der Waals surface area contributed by atoms with E-state index in [0.29, 0.717) is 6.54 Å². The zero-order chi connectivity index (χ0) is 15.6. The average molecular weight is 283 g/mol. The van der Waals surface area contributed by atoms with Gasteiger partial charge in [0.2, 0.25) is 0 Å². The SMILES string of the molecule is Cc1ccc(C(CN)C(O)c2cccc(C)c2C)cc1C. The lowest BCUT2D eigenvalue weighted by Crippen LogP contribution is -2.21. The van der Waals surface area contributed by atoms with Crippen molar-refractivity contribution in [3.63, 3.8) is 0 Å². The third kappa shape index (κ3) is 3.17. The molecule has 0 aliphatic rings. The quantitative estimate of drug-likeness (QED) is 0.899. The zero-order valence-electron chi connectivity index (χ0n) is 13.4. The van der Waals surface area contributed by atoms with Gasteiger partial charge in [-0.2, -0.15) is 0 Å². The van der Waals surface area contributed by atoms with Crippen LogP contribution in [0, 0.1) is 27.7 Å². The first kappa shape index (κ1) is 15.7. The normalized spacial score (nSPS) is 14.0. The van der Waals surface area contributed by atoms with Gasteiger partial charge in [0.25, 0.3) is 0 Å². The van der Waals surface area contributed by atoms with Crippen LogP contribution in [-0.2, 0) is 0 Å². The number of hydrogen-bond acceptors (Lipinski definition) is 2. The summed E-state index contributed by atoms with van der Waals surface area (Å²) in [4.78, 5) is 0. The van der Waals surface area contributed by atoms with Crippen LogP contribution < -0.4 is 5.73 Å². The van der Waals surface area contributed by atoms with Gasteiger partial charge in [0, 0.05) is 12.5 Å². The summed E-state index contributed by atoms with van der Waals surface area (Å²) in [5.74, 6) is -0.0789. The molecule has 21 heavy (non-hydrogen) atoms. The number of aryl methyl sites for hydroxylation is 3. The standard InChI is InChI=1S/C19H25NO/c1-12-8-9-16(10-14(12)3)18(11-20)19(21)17-7-5-6-13(2)15(17)4/h5-10,18-19,21H,11,20H2,1-4H3. The smallest absolute Gasteiger partial charge is 0.0873 e. The van der Waals surface area contributed by atoms with Crippen LogP contribution in [-0.4, -0.2) is 11.7 Å². The van der Waals surface area contributed by atoms with Crippen molar-refractivity contribution in [2.75, 3.05) is 6.54 Å². The lowest BCUT2D eigenvalue weighted by atomic mass is 9.85. The van der Waals surface area contributed by atoms with Gasteiger partial charge in [-0.25, -0.2) is 0 Å². The molecule has 2 atom stereocenters. The third-order valence-corrected chi connectivity index (χ3v) is 4.56. The Morgan fingerprint density at radius 1 is 0.952 bits per heavy atom. The Balaban J connectivity index is 2.40. The van der Waals surface area contributed by atoms with Gasteiger partial charge in [0.1, 0.15) is 0 Å². The van der Waals surface area contributed by atoms with E-state index in [1.807, 2.05) is 12.1 Å². The molecule has 2 nitrogen and oxygen atoms in total. The van der Waals surface area contributed by atoms with Crippen molar-refractivity contribution in [2.45, 2.75) is 39.7 Å². The first-order chi connectivity index (χ1) is 9.95. The van der Waals surface area contributed by atoms with Gasteiger partial charge >= 0.3 is 0 Å². The zero-order valence-corrected chi connectivity index (χ0v) is 13.4. The molecule has 0 bridgehead atoms. The van der Waals surface area contributed by atoms with Crippen LogP contribution in [0.2, 0.25) is 0 Å². The third-order valence-electron chi connectivity index (χ3n) is 4.56. The molecule has 0 aliphatic carbocycles. The van der Waals surface area contributed by atoms with E-state index in [1.54, 1.807) is 0 Å². The molecule has 2 aromatic rings. The minimum atomic E-state index is -0.572. The van der Waals surface area contributed by atoms with Crippen LogP contribution in [0.5, 0.6) is 0 Å². The van der Waals surface area contributed by atoms with Crippen LogP contribution in [0.15, 0.2) is 36.4 Å². The Morgan fingerprint density at radius 3 is 2.29 bits per heavy atom. The highest BCUT2D eigenvalue weighted by Crippen LogP contribution is 2.33. The minimum absolute atomic E-state index is 0.0789. The van der Waals surface area contributed by atoms with Crippen LogP contribution in [0.25, 0.3) is 0 Å². The Bertz CT molecular complexity index is 633. The van der Waals surface area contributed by atoms with Crippen LogP contribution >= 0.6 is 0 Å². The maximum absolute atomic E-state index is 10.8. The monoisotopic (exact) mass is 283 g/mol. The molecule has 2 aromatic carbocycles. The van der Waals surface area contributed by atoms with Gasteiger partial charge in [0.05, 0.1) is 6.10 Å². The summed E-state index contributed by atoms with van der Waals surface area (Å²) in [6, 6.07) is 12.4. The Morgan fingerprint density at radius 2 is 1.67 bits per heavy atom. The second-order valence-corrected chi connectivity index (χ2v) is 5.92. The van der Waals surface area contributed by atoms with Gasteiger partial charge in [-0.1, -0.05) is 36.4 Å². The Labute approximate surface area is 127 Å². The Kier molecular flexibility index (Phi) is 4.81. The fourth-order valence-corrected chi connectivity index (χ4v) is 2.75. The van der Waals surface area contributed by atoms with E-state index in [0.717, 1.165) is 16.7 Å². The molecule has 0 spiro atoms. The molecule has 112 valence electrons. The molecule has 0 saturated carbocycles. The van der Waals surface area contributed by atoms with E-state index in [9.17, 15) is 5.11 Å². The lowest BCUT2D eigenvalue weighted by Gasteiger charge is -2.25. The molecule has 0 aliphatic heterocycles. The number of hydrogen-bond donors (Lipinski definition) is 2. The topological polar surface area (TPSA) is 46.2 Å². The van der Waals surface area contributed by atoms with E-state index < -0.39 is 6.10 Å². The number of benzene rings is 2. The second kappa shape index (κ2) is 6.42. The van der Waals surface area contributed by atoms with E-state index >= 15 is 0 Å². The number of aliphatic hydroxyl groups is 1. The van der Waals surface area contributed by atoms with Crippen molar-refractivity contribution in [1.82, 2.24) is 0 Å². The van der Waals surface area contributed by atoms with Crippen molar-refractivity contribution < 1.29 is 5.11 Å². The summed E-state index contributed by atoms with van der Waals surface area (Å²) in [6.45, 7) is 8.74. The van der Waals surface area contributed by atoms with Gasteiger partial charge < -0.3 is 10.8 Å². The van der Waals surface area contributed by atoms with Crippen LogP contribution in [0.4, 0.5) is 0 Å². The molecule has 0 heterocycles. The first-order valence-corrected chi connectivity index (χ1v) is 7.47. The summed E-state index contributed by atoms with van der Waals surface area (Å²) < 4.78 is 0.